The SMILES string of the molecule is [NH3+]CCC[C@@H](Cl)CNC(=O)c1cc2cc(-c3ccc(F)cc3)ccc2[nH]1. The molecular formula is C20H22ClFN3O+. The van der Waals surface area contributed by atoms with Gasteiger partial charge in [-0.2, -0.15) is 0 Å². The fraction of sp³-hybridized carbons (Fsp3) is 0.250. The van der Waals surface area contributed by atoms with E-state index < -0.39 is 0 Å². The van der Waals surface area contributed by atoms with Crippen LogP contribution in [0.25, 0.3) is 22.0 Å². The minimum Gasteiger partial charge on any atom is -0.358 e. The van der Waals surface area contributed by atoms with Crippen molar-refractivity contribution >= 4 is 28.4 Å². The molecule has 0 unspecified atom stereocenters. The largest absolute Gasteiger partial charge is 0.358 e. The first-order chi connectivity index (χ1) is 12.6. The molecule has 1 amide bonds. The number of carbonyl (C=O) groups excluding carboxylic acids is 1. The van der Waals surface area contributed by atoms with Crippen molar-refractivity contribution in [2.45, 2.75) is 18.2 Å². The lowest BCUT2D eigenvalue weighted by Gasteiger charge is -2.09. The number of aromatic nitrogens is 1. The van der Waals surface area contributed by atoms with E-state index in [1.54, 1.807) is 12.1 Å². The van der Waals surface area contributed by atoms with Crippen molar-refractivity contribution in [3.05, 3.63) is 60.0 Å². The molecule has 1 heterocycles. The number of quaternary nitrogens is 1. The molecule has 3 rings (SSSR count). The van der Waals surface area contributed by atoms with Crippen molar-refractivity contribution in [3.63, 3.8) is 0 Å². The van der Waals surface area contributed by atoms with Crippen LogP contribution in [0.1, 0.15) is 23.3 Å². The van der Waals surface area contributed by atoms with Crippen LogP contribution in [0.5, 0.6) is 0 Å². The molecule has 4 nitrogen and oxygen atoms in total. The van der Waals surface area contributed by atoms with Gasteiger partial charge in [0.25, 0.3) is 5.91 Å². The van der Waals surface area contributed by atoms with Crippen molar-refractivity contribution < 1.29 is 14.9 Å². The second-order valence-electron chi connectivity index (χ2n) is 6.30. The molecule has 0 spiro atoms. The van der Waals surface area contributed by atoms with Gasteiger partial charge in [0.15, 0.2) is 0 Å². The predicted molar refractivity (Wildman–Crippen MR) is 103 cm³/mol. The van der Waals surface area contributed by atoms with E-state index in [2.05, 4.69) is 16.0 Å². The minimum absolute atomic E-state index is 0.0878. The van der Waals surface area contributed by atoms with E-state index in [9.17, 15) is 9.18 Å². The van der Waals surface area contributed by atoms with Crippen LogP contribution in [0.2, 0.25) is 0 Å². The quantitative estimate of drug-likeness (QED) is 0.545. The van der Waals surface area contributed by atoms with E-state index in [0.29, 0.717) is 12.2 Å². The lowest BCUT2D eigenvalue weighted by molar-refractivity contribution is -0.368. The van der Waals surface area contributed by atoms with E-state index in [1.807, 2.05) is 24.3 Å². The zero-order chi connectivity index (χ0) is 18.5. The molecule has 2 aromatic carbocycles. The van der Waals surface area contributed by atoms with Gasteiger partial charge in [-0.05, 0) is 54.3 Å². The Balaban J connectivity index is 1.72. The Morgan fingerprint density at radius 2 is 1.88 bits per heavy atom. The number of benzene rings is 2. The van der Waals surface area contributed by atoms with Gasteiger partial charge in [-0.15, -0.1) is 11.6 Å². The van der Waals surface area contributed by atoms with E-state index in [4.69, 9.17) is 11.6 Å². The number of carbonyl (C=O) groups is 1. The Bertz CT molecular complexity index is 892. The molecule has 5 N–H and O–H groups in total. The summed E-state index contributed by atoms with van der Waals surface area (Å²) in [5, 5.41) is 3.70. The average molecular weight is 375 g/mol. The summed E-state index contributed by atoms with van der Waals surface area (Å²) in [7, 11) is 0. The standard InChI is InChI=1S/C20H21ClFN3O/c21-16(2-1-9-23)12-24-20(26)19-11-15-10-14(5-8-18(15)25-19)13-3-6-17(22)7-4-13/h3-8,10-11,16,25H,1-2,9,12,23H2,(H,24,26)/p+1/t16-/m1/s1. The first-order valence-electron chi connectivity index (χ1n) is 8.67. The number of alkyl halides is 1. The highest BCUT2D eigenvalue weighted by Crippen LogP contribution is 2.25. The maximum Gasteiger partial charge on any atom is 0.267 e. The van der Waals surface area contributed by atoms with Crippen LogP contribution < -0.4 is 11.1 Å². The normalized spacial score (nSPS) is 12.3. The number of halogens is 2. The van der Waals surface area contributed by atoms with Crippen LogP contribution in [0.3, 0.4) is 0 Å². The monoisotopic (exact) mass is 374 g/mol. The molecule has 0 saturated heterocycles. The topological polar surface area (TPSA) is 72.5 Å². The summed E-state index contributed by atoms with van der Waals surface area (Å²) in [6, 6.07) is 14.0. The number of aromatic amines is 1. The zero-order valence-electron chi connectivity index (χ0n) is 14.4. The highest BCUT2D eigenvalue weighted by molar-refractivity contribution is 6.21. The molecule has 0 fully saturated rings. The highest BCUT2D eigenvalue weighted by atomic mass is 35.5. The van der Waals surface area contributed by atoms with Gasteiger partial charge in [0, 0.05) is 17.4 Å². The van der Waals surface area contributed by atoms with Crippen molar-refractivity contribution in [1.82, 2.24) is 10.3 Å². The Kier molecular flexibility index (Phi) is 5.91. The van der Waals surface area contributed by atoms with Crippen molar-refractivity contribution in [3.8, 4) is 11.1 Å². The van der Waals surface area contributed by atoms with Crippen LogP contribution in [0.4, 0.5) is 4.39 Å². The molecule has 0 saturated carbocycles. The molecular weight excluding hydrogens is 353 g/mol. The summed E-state index contributed by atoms with van der Waals surface area (Å²) in [5.41, 5.74) is 7.06. The Morgan fingerprint density at radius 3 is 2.62 bits per heavy atom. The zero-order valence-corrected chi connectivity index (χ0v) is 15.2. The minimum atomic E-state index is -0.261. The Labute approximate surface area is 156 Å². The van der Waals surface area contributed by atoms with Gasteiger partial charge in [0.2, 0.25) is 0 Å². The molecule has 0 aliphatic carbocycles. The summed E-state index contributed by atoms with van der Waals surface area (Å²) in [6.07, 6.45) is 1.78. The highest BCUT2D eigenvalue weighted by Gasteiger charge is 2.12. The van der Waals surface area contributed by atoms with Gasteiger partial charge in [0.1, 0.15) is 11.5 Å². The van der Waals surface area contributed by atoms with Gasteiger partial charge in [-0.1, -0.05) is 18.2 Å². The third kappa shape index (κ3) is 4.42. The first kappa shape index (κ1) is 18.4. The van der Waals surface area contributed by atoms with Crippen molar-refractivity contribution in [1.29, 1.82) is 0 Å². The van der Waals surface area contributed by atoms with Crippen LogP contribution in [0.15, 0.2) is 48.5 Å². The van der Waals surface area contributed by atoms with Gasteiger partial charge < -0.3 is 16.0 Å². The molecule has 1 atom stereocenters. The molecule has 26 heavy (non-hydrogen) atoms. The maximum absolute atomic E-state index is 13.1. The van der Waals surface area contributed by atoms with Crippen LogP contribution in [-0.4, -0.2) is 29.4 Å². The van der Waals surface area contributed by atoms with Crippen LogP contribution >= 0.6 is 11.6 Å². The van der Waals surface area contributed by atoms with E-state index in [1.165, 1.54) is 12.1 Å². The fourth-order valence-electron chi connectivity index (χ4n) is 2.84. The van der Waals surface area contributed by atoms with E-state index >= 15 is 0 Å². The van der Waals surface area contributed by atoms with Gasteiger partial charge in [-0.3, -0.25) is 4.79 Å². The molecule has 1 aromatic heterocycles. The summed E-state index contributed by atoms with van der Waals surface area (Å²) in [6.45, 7) is 1.27. The predicted octanol–water partition coefficient (Wildman–Crippen LogP) is 3.33. The summed E-state index contributed by atoms with van der Waals surface area (Å²) in [4.78, 5) is 15.5. The number of nitrogens with one attached hydrogen (secondary N) is 2. The molecule has 0 aliphatic rings. The lowest BCUT2D eigenvalue weighted by Crippen LogP contribution is -2.50. The van der Waals surface area contributed by atoms with Crippen LogP contribution in [0, 0.1) is 5.82 Å². The van der Waals surface area contributed by atoms with Crippen LogP contribution in [-0.2, 0) is 0 Å². The molecule has 6 heteroatoms. The number of H-pyrrole nitrogens is 1. The molecule has 0 radical (unpaired) electrons. The lowest BCUT2D eigenvalue weighted by atomic mass is 10.0. The smallest absolute Gasteiger partial charge is 0.267 e. The third-order valence-corrected chi connectivity index (χ3v) is 4.67. The Hall–Kier alpha value is -2.37. The molecule has 0 bridgehead atoms. The molecule has 0 aliphatic heterocycles. The third-order valence-electron chi connectivity index (χ3n) is 4.29. The van der Waals surface area contributed by atoms with E-state index in [0.717, 1.165) is 41.4 Å². The van der Waals surface area contributed by atoms with Crippen molar-refractivity contribution in [2.24, 2.45) is 0 Å². The first-order valence-corrected chi connectivity index (χ1v) is 9.10. The van der Waals surface area contributed by atoms with E-state index in [-0.39, 0.29) is 17.1 Å². The molecule has 136 valence electrons. The summed E-state index contributed by atoms with van der Waals surface area (Å²) >= 11 is 6.19. The number of rotatable bonds is 7. The number of fused-ring (bicyclic) bond motifs is 1. The second-order valence-corrected chi connectivity index (χ2v) is 6.91. The molecule has 3 aromatic rings. The second kappa shape index (κ2) is 8.34. The van der Waals surface area contributed by atoms with Gasteiger partial charge in [0.05, 0.1) is 11.9 Å². The van der Waals surface area contributed by atoms with Gasteiger partial charge in [-0.25, -0.2) is 4.39 Å². The van der Waals surface area contributed by atoms with Gasteiger partial charge >= 0.3 is 0 Å². The number of amides is 1. The summed E-state index contributed by atoms with van der Waals surface area (Å²) in [5.74, 6) is -0.437. The fourth-order valence-corrected chi connectivity index (χ4v) is 3.07. The maximum atomic E-state index is 13.1. The van der Waals surface area contributed by atoms with Crippen molar-refractivity contribution in [2.75, 3.05) is 13.1 Å². The average Bonchev–Trinajstić information content (AvgIpc) is 3.08. The Morgan fingerprint density at radius 1 is 1.15 bits per heavy atom. The number of hydrogen-bond donors (Lipinski definition) is 3. The summed E-state index contributed by atoms with van der Waals surface area (Å²) < 4.78 is 13.1. The number of hydrogen-bond acceptors (Lipinski definition) is 1.